The van der Waals surface area contributed by atoms with Crippen LogP contribution in [-0.4, -0.2) is 36.0 Å². The molecule has 0 aromatic heterocycles. The third-order valence-corrected chi connectivity index (χ3v) is 1.72. The van der Waals surface area contributed by atoms with Gasteiger partial charge in [-0.25, -0.2) is 8.78 Å². The van der Waals surface area contributed by atoms with Crippen LogP contribution in [0.5, 0.6) is 0 Å². The van der Waals surface area contributed by atoms with E-state index in [0.717, 1.165) is 6.92 Å². The highest BCUT2D eigenvalue weighted by molar-refractivity contribution is 4.80. The fourth-order valence-electron chi connectivity index (χ4n) is 0.454. The van der Waals surface area contributed by atoms with Crippen LogP contribution >= 0.6 is 0 Å². The molecule has 0 aliphatic carbocycles. The van der Waals surface area contributed by atoms with Crippen molar-refractivity contribution in [3.63, 3.8) is 0 Å². The van der Waals surface area contributed by atoms with E-state index in [1.807, 2.05) is 0 Å². The van der Waals surface area contributed by atoms with Crippen molar-refractivity contribution in [3.05, 3.63) is 0 Å². The first-order valence-corrected chi connectivity index (χ1v) is 3.11. The van der Waals surface area contributed by atoms with Crippen molar-refractivity contribution in [3.8, 4) is 0 Å². The summed E-state index contributed by atoms with van der Waals surface area (Å²) in [7, 11) is 2.44. The smallest absolute Gasteiger partial charge is 0.288 e. The Balaban J connectivity index is 4.45. The average molecular weight is 169 g/mol. The Morgan fingerprint density at radius 3 is 1.82 bits per heavy atom. The monoisotopic (exact) mass is 169 g/mol. The molecule has 11 heavy (non-hydrogen) atoms. The third kappa shape index (κ3) is 2.08. The standard InChI is InChI=1S/C6H13F2NO2/c1-5(7,8)6(2,10)9(3)11-4/h10H,1-4H3. The lowest BCUT2D eigenvalue weighted by Gasteiger charge is -2.36. The van der Waals surface area contributed by atoms with Gasteiger partial charge in [0.05, 0.1) is 7.11 Å². The van der Waals surface area contributed by atoms with Gasteiger partial charge in [-0.3, -0.25) is 4.84 Å². The van der Waals surface area contributed by atoms with Crippen LogP contribution in [0.15, 0.2) is 0 Å². The lowest BCUT2D eigenvalue weighted by Crippen LogP contribution is -2.55. The van der Waals surface area contributed by atoms with Crippen LogP contribution in [0.2, 0.25) is 0 Å². The third-order valence-electron chi connectivity index (χ3n) is 1.72. The van der Waals surface area contributed by atoms with E-state index < -0.39 is 11.6 Å². The molecule has 0 fully saturated rings. The topological polar surface area (TPSA) is 32.7 Å². The molecule has 0 aromatic rings. The minimum atomic E-state index is -3.22. The van der Waals surface area contributed by atoms with Crippen LogP contribution in [0.1, 0.15) is 13.8 Å². The molecule has 5 heteroatoms. The number of nitrogens with zero attached hydrogens (tertiary/aromatic N) is 1. The molecule has 0 heterocycles. The molecule has 0 saturated heterocycles. The SMILES string of the molecule is CON(C)C(C)(O)C(C)(F)F. The quantitative estimate of drug-likeness (QED) is 0.502. The van der Waals surface area contributed by atoms with Crippen molar-refractivity contribution >= 4 is 0 Å². The maximum Gasteiger partial charge on any atom is 0.288 e. The highest BCUT2D eigenvalue weighted by atomic mass is 19.3. The summed E-state index contributed by atoms with van der Waals surface area (Å²) in [5, 5.41) is 9.87. The zero-order valence-corrected chi connectivity index (χ0v) is 7.06. The second kappa shape index (κ2) is 3.00. The van der Waals surface area contributed by atoms with Crippen molar-refractivity contribution in [2.75, 3.05) is 14.2 Å². The summed E-state index contributed by atoms with van der Waals surface area (Å²) in [6.45, 7) is 1.61. The number of aliphatic hydroxyl groups is 1. The predicted octanol–water partition coefficient (Wildman–Crippen LogP) is 0.843. The number of halogens is 2. The van der Waals surface area contributed by atoms with Crippen LogP contribution in [-0.2, 0) is 4.84 Å². The Morgan fingerprint density at radius 2 is 1.73 bits per heavy atom. The maximum absolute atomic E-state index is 12.6. The summed E-state index contributed by atoms with van der Waals surface area (Å²) in [6.07, 6.45) is 0. The van der Waals surface area contributed by atoms with Crippen molar-refractivity contribution < 1.29 is 18.7 Å². The van der Waals surface area contributed by atoms with E-state index in [1.165, 1.54) is 14.2 Å². The van der Waals surface area contributed by atoms with Gasteiger partial charge in [0, 0.05) is 14.0 Å². The van der Waals surface area contributed by atoms with Gasteiger partial charge < -0.3 is 5.11 Å². The van der Waals surface area contributed by atoms with E-state index in [2.05, 4.69) is 4.84 Å². The molecule has 68 valence electrons. The predicted molar refractivity (Wildman–Crippen MR) is 36.0 cm³/mol. The molecule has 1 N–H and O–H groups in total. The van der Waals surface area contributed by atoms with Gasteiger partial charge >= 0.3 is 0 Å². The van der Waals surface area contributed by atoms with E-state index in [9.17, 15) is 13.9 Å². The second-order valence-corrected chi connectivity index (χ2v) is 2.59. The largest absolute Gasteiger partial charge is 0.369 e. The minimum Gasteiger partial charge on any atom is -0.369 e. The highest BCUT2D eigenvalue weighted by Gasteiger charge is 2.48. The van der Waals surface area contributed by atoms with Gasteiger partial charge in [-0.15, -0.1) is 0 Å². The van der Waals surface area contributed by atoms with Crippen LogP contribution in [0.3, 0.4) is 0 Å². The molecule has 0 aromatic carbocycles. The molecule has 0 aliphatic heterocycles. The molecule has 0 aliphatic rings. The molecule has 0 rings (SSSR count). The maximum atomic E-state index is 12.6. The van der Waals surface area contributed by atoms with Crippen LogP contribution in [0, 0.1) is 0 Å². The summed E-state index contributed by atoms with van der Waals surface area (Å²) in [5.74, 6) is -3.22. The highest BCUT2D eigenvalue weighted by Crippen LogP contribution is 2.29. The Kier molecular flexibility index (Phi) is 2.93. The number of rotatable bonds is 3. The van der Waals surface area contributed by atoms with Crippen molar-refractivity contribution in [1.29, 1.82) is 0 Å². The summed E-state index contributed by atoms with van der Waals surface area (Å²) in [5.41, 5.74) is -2.28. The Morgan fingerprint density at radius 1 is 1.36 bits per heavy atom. The molecule has 0 bridgehead atoms. The lowest BCUT2D eigenvalue weighted by molar-refractivity contribution is -0.328. The summed E-state index contributed by atoms with van der Waals surface area (Å²) >= 11 is 0. The van der Waals surface area contributed by atoms with Crippen molar-refractivity contribution in [1.82, 2.24) is 5.06 Å². The molecule has 3 nitrogen and oxygen atoms in total. The number of hydrogen-bond acceptors (Lipinski definition) is 3. The van der Waals surface area contributed by atoms with E-state index in [1.54, 1.807) is 0 Å². The van der Waals surface area contributed by atoms with E-state index >= 15 is 0 Å². The molecule has 0 spiro atoms. The summed E-state index contributed by atoms with van der Waals surface area (Å²) in [6, 6.07) is 0. The van der Waals surface area contributed by atoms with E-state index in [4.69, 9.17) is 0 Å². The Bertz CT molecular complexity index is 133. The first-order valence-electron chi connectivity index (χ1n) is 3.11. The molecule has 1 unspecified atom stereocenters. The fraction of sp³-hybridized carbons (Fsp3) is 1.00. The summed E-state index contributed by atoms with van der Waals surface area (Å²) in [4.78, 5) is 4.44. The van der Waals surface area contributed by atoms with Crippen molar-refractivity contribution in [2.45, 2.75) is 25.5 Å². The molecule has 1 atom stereocenters. The molecule has 0 radical (unpaired) electrons. The fourth-order valence-corrected chi connectivity index (χ4v) is 0.454. The lowest BCUT2D eigenvalue weighted by atomic mass is 10.1. The normalized spacial score (nSPS) is 18.5. The molecule has 0 saturated carbocycles. The number of hydrogen-bond donors (Lipinski definition) is 1. The van der Waals surface area contributed by atoms with Gasteiger partial charge in [-0.05, 0) is 6.92 Å². The molecular weight excluding hydrogens is 156 g/mol. The van der Waals surface area contributed by atoms with E-state index in [-0.39, 0.29) is 0 Å². The minimum absolute atomic E-state index is 0.628. The Hall–Kier alpha value is -0.260. The summed E-state index contributed by atoms with van der Waals surface area (Å²) < 4.78 is 25.1. The van der Waals surface area contributed by atoms with Crippen LogP contribution in [0.4, 0.5) is 8.78 Å². The molecule has 0 amide bonds. The van der Waals surface area contributed by atoms with E-state index in [0.29, 0.717) is 12.0 Å². The number of alkyl halides is 2. The van der Waals surface area contributed by atoms with Gasteiger partial charge in [-0.1, -0.05) is 0 Å². The van der Waals surface area contributed by atoms with Crippen molar-refractivity contribution in [2.24, 2.45) is 0 Å². The van der Waals surface area contributed by atoms with Gasteiger partial charge in [0.1, 0.15) is 0 Å². The van der Waals surface area contributed by atoms with Crippen LogP contribution in [0.25, 0.3) is 0 Å². The second-order valence-electron chi connectivity index (χ2n) is 2.59. The van der Waals surface area contributed by atoms with Gasteiger partial charge in [0.25, 0.3) is 5.92 Å². The van der Waals surface area contributed by atoms with Crippen LogP contribution < -0.4 is 0 Å². The number of hydroxylamine groups is 2. The molecular formula is C6H13F2NO2. The zero-order valence-electron chi connectivity index (χ0n) is 7.06. The zero-order chi connectivity index (χ0) is 9.28. The van der Waals surface area contributed by atoms with Gasteiger partial charge in [-0.2, -0.15) is 5.06 Å². The first-order chi connectivity index (χ1) is 4.73. The average Bonchev–Trinajstić information content (AvgIpc) is 1.83. The van der Waals surface area contributed by atoms with Gasteiger partial charge in [0.15, 0.2) is 0 Å². The van der Waals surface area contributed by atoms with Gasteiger partial charge in [0.2, 0.25) is 5.72 Å². The Labute approximate surface area is 64.5 Å². The first kappa shape index (κ1) is 10.7.